The van der Waals surface area contributed by atoms with E-state index in [1.54, 1.807) is 24.5 Å². The van der Waals surface area contributed by atoms with Crippen molar-refractivity contribution in [2.75, 3.05) is 42.9 Å². The second kappa shape index (κ2) is 8.13. The lowest BCUT2D eigenvalue weighted by Crippen LogP contribution is -2.43. The zero-order valence-corrected chi connectivity index (χ0v) is 15.3. The number of nitrogens with zero attached hydrogens (tertiary/aromatic N) is 5. The van der Waals surface area contributed by atoms with Gasteiger partial charge in [0.15, 0.2) is 0 Å². The van der Waals surface area contributed by atoms with Crippen LogP contribution in [0.15, 0.2) is 43.0 Å². The topological polar surface area (TPSA) is 109 Å². The Labute approximate surface area is 162 Å². The Balaban J connectivity index is 1.63. The van der Waals surface area contributed by atoms with E-state index in [2.05, 4.69) is 25.6 Å². The molecule has 1 aliphatic heterocycles. The Hall–Kier alpha value is -3.33. The molecule has 3 aromatic rings. The minimum atomic E-state index is -0.329. The summed E-state index contributed by atoms with van der Waals surface area (Å²) in [4.78, 5) is 26.1. The first-order valence-corrected chi connectivity index (χ1v) is 9.24. The summed E-state index contributed by atoms with van der Waals surface area (Å²) in [5.74, 6) is 0.606. The number of hydrogen-bond donors (Lipinski definition) is 2. The van der Waals surface area contributed by atoms with Crippen LogP contribution in [-0.2, 0) is 6.42 Å². The third kappa shape index (κ3) is 3.84. The van der Waals surface area contributed by atoms with Gasteiger partial charge in [-0.2, -0.15) is 0 Å². The quantitative estimate of drug-likeness (QED) is 0.494. The first kappa shape index (κ1) is 18.1. The van der Waals surface area contributed by atoms with Crippen molar-refractivity contribution >= 4 is 28.1 Å². The fraction of sp³-hybridized carbons (Fsp3) is 0.316. The maximum atomic E-state index is 11.7. The first-order chi connectivity index (χ1) is 13.7. The fourth-order valence-electron chi connectivity index (χ4n) is 3.40. The molecule has 144 valence electrons. The molecule has 0 amide bonds. The van der Waals surface area contributed by atoms with Gasteiger partial charge >= 0.3 is 0 Å². The van der Waals surface area contributed by atoms with E-state index >= 15 is 0 Å². The summed E-state index contributed by atoms with van der Waals surface area (Å²) in [7, 11) is 0. The van der Waals surface area contributed by atoms with E-state index in [0.717, 1.165) is 38.2 Å². The molecule has 0 unspecified atom stereocenters. The third-order valence-corrected chi connectivity index (χ3v) is 4.84. The van der Waals surface area contributed by atoms with Gasteiger partial charge in [0.05, 0.1) is 10.4 Å². The maximum Gasteiger partial charge on any atom is 0.293 e. The molecule has 28 heavy (non-hydrogen) atoms. The number of anilines is 2. The van der Waals surface area contributed by atoms with Crippen molar-refractivity contribution in [3.8, 4) is 0 Å². The number of rotatable bonds is 6. The standard InChI is InChI=1S/C19H21N7O2/c27-26(28)18-11-15-16(12-17(18)25-9-7-21-8-10-25)23-13-24-19(15)22-6-3-14-1-4-20-5-2-14/h1-2,4-5,11-13,21H,3,6-10H2,(H,22,23,24). The van der Waals surface area contributed by atoms with Gasteiger partial charge in [0.25, 0.3) is 5.69 Å². The van der Waals surface area contributed by atoms with Crippen LogP contribution < -0.4 is 15.5 Å². The van der Waals surface area contributed by atoms with Gasteiger partial charge in [-0.15, -0.1) is 0 Å². The van der Waals surface area contributed by atoms with Gasteiger partial charge in [-0.25, -0.2) is 9.97 Å². The van der Waals surface area contributed by atoms with Gasteiger partial charge < -0.3 is 15.5 Å². The summed E-state index contributed by atoms with van der Waals surface area (Å²) in [6, 6.07) is 7.31. The molecule has 0 atom stereocenters. The highest BCUT2D eigenvalue weighted by Gasteiger charge is 2.23. The van der Waals surface area contributed by atoms with E-state index in [4.69, 9.17) is 0 Å². The second-order valence-corrected chi connectivity index (χ2v) is 6.61. The van der Waals surface area contributed by atoms with Crippen molar-refractivity contribution in [1.29, 1.82) is 0 Å². The molecular weight excluding hydrogens is 358 g/mol. The molecule has 0 radical (unpaired) electrons. The zero-order chi connectivity index (χ0) is 19.3. The van der Waals surface area contributed by atoms with Crippen molar-refractivity contribution in [3.63, 3.8) is 0 Å². The Bertz CT molecular complexity index is 975. The van der Waals surface area contributed by atoms with Crippen molar-refractivity contribution < 1.29 is 4.92 Å². The number of nitrogens with one attached hydrogen (secondary N) is 2. The highest BCUT2D eigenvalue weighted by molar-refractivity contribution is 5.94. The molecular formula is C19H21N7O2. The van der Waals surface area contributed by atoms with Crippen LogP contribution in [-0.4, -0.2) is 52.6 Å². The molecule has 9 heteroatoms. The van der Waals surface area contributed by atoms with Gasteiger partial charge in [0.1, 0.15) is 17.8 Å². The summed E-state index contributed by atoms with van der Waals surface area (Å²) in [6.07, 6.45) is 5.81. The number of hydrogen-bond acceptors (Lipinski definition) is 8. The van der Waals surface area contributed by atoms with E-state index < -0.39 is 0 Å². The van der Waals surface area contributed by atoms with Crippen LogP contribution in [0.2, 0.25) is 0 Å². The molecule has 0 spiro atoms. The van der Waals surface area contributed by atoms with Gasteiger partial charge in [-0.05, 0) is 30.2 Å². The first-order valence-electron chi connectivity index (χ1n) is 9.24. The summed E-state index contributed by atoms with van der Waals surface area (Å²) >= 11 is 0. The van der Waals surface area contributed by atoms with Crippen LogP contribution in [0.3, 0.4) is 0 Å². The smallest absolute Gasteiger partial charge is 0.293 e. The van der Waals surface area contributed by atoms with Crippen LogP contribution in [0.1, 0.15) is 5.56 Å². The molecule has 2 aromatic heterocycles. The average Bonchev–Trinajstić information content (AvgIpc) is 2.74. The predicted octanol–water partition coefficient (Wildman–Crippen LogP) is 2.00. The number of nitro benzene ring substituents is 1. The highest BCUT2D eigenvalue weighted by atomic mass is 16.6. The SMILES string of the molecule is O=[N+]([O-])c1cc2c(NCCc3ccncc3)ncnc2cc1N1CCNCC1. The van der Waals surface area contributed by atoms with E-state index in [0.29, 0.717) is 29.0 Å². The van der Waals surface area contributed by atoms with E-state index in [1.165, 1.54) is 6.33 Å². The lowest BCUT2D eigenvalue weighted by Gasteiger charge is -2.29. The van der Waals surface area contributed by atoms with E-state index in [9.17, 15) is 10.1 Å². The van der Waals surface area contributed by atoms with E-state index in [1.807, 2.05) is 17.0 Å². The van der Waals surface area contributed by atoms with Crippen molar-refractivity contribution in [1.82, 2.24) is 20.3 Å². The number of piperazine rings is 1. The Morgan fingerprint density at radius 2 is 1.96 bits per heavy atom. The fourth-order valence-corrected chi connectivity index (χ4v) is 3.40. The Morgan fingerprint density at radius 1 is 1.18 bits per heavy atom. The van der Waals surface area contributed by atoms with E-state index in [-0.39, 0.29) is 10.6 Å². The number of nitro groups is 1. The minimum absolute atomic E-state index is 0.0846. The lowest BCUT2D eigenvalue weighted by atomic mass is 10.1. The third-order valence-electron chi connectivity index (χ3n) is 4.84. The number of fused-ring (bicyclic) bond motifs is 1. The normalized spacial score (nSPS) is 14.2. The average molecular weight is 379 g/mol. The zero-order valence-electron chi connectivity index (χ0n) is 15.3. The van der Waals surface area contributed by atoms with Crippen LogP contribution >= 0.6 is 0 Å². The predicted molar refractivity (Wildman–Crippen MR) is 108 cm³/mol. The maximum absolute atomic E-state index is 11.7. The number of aromatic nitrogens is 3. The molecule has 4 rings (SSSR count). The molecule has 0 aliphatic carbocycles. The van der Waals surface area contributed by atoms with Crippen LogP contribution in [0.5, 0.6) is 0 Å². The van der Waals surface area contributed by atoms with Crippen LogP contribution in [0.4, 0.5) is 17.2 Å². The van der Waals surface area contributed by atoms with Crippen molar-refractivity contribution in [3.05, 3.63) is 58.7 Å². The monoisotopic (exact) mass is 379 g/mol. The van der Waals surface area contributed by atoms with Gasteiger partial charge in [-0.1, -0.05) is 0 Å². The molecule has 1 fully saturated rings. The number of benzene rings is 1. The number of pyridine rings is 1. The second-order valence-electron chi connectivity index (χ2n) is 6.61. The molecule has 9 nitrogen and oxygen atoms in total. The van der Waals surface area contributed by atoms with Gasteiger partial charge in [0.2, 0.25) is 0 Å². The van der Waals surface area contributed by atoms with Gasteiger partial charge in [-0.3, -0.25) is 15.1 Å². The molecule has 2 N–H and O–H groups in total. The molecule has 1 aliphatic rings. The summed E-state index contributed by atoms with van der Waals surface area (Å²) < 4.78 is 0. The summed E-state index contributed by atoms with van der Waals surface area (Å²) in [6.45, 7) is 3.73. The molecule has 1 saturated heterocycles. The van der Waals surface area contributed by atoms with Gasteiger partial charge in [0, 0.05) is 56.6 Å². The molecule has 3 heterocycles. The highest BCUT2D eigenvalue weighted by Crippen LogP contribution is 2.34. The van der Waals surface area contributed by atoms with Crippen LogP contribution in [0, 0.1) is 10.1 Å². The summed E-state index contributed by atoms with van der Waals surface area (Å²) in [5.41, 5.74) is 2.55. The lowest BCUT2D eigenvalue weighted by molar-refractivity contribution is -0.384. The van der Waals surface area contributed by atoms with Crippen molar-refractivity contribution in [2.45, 2.75) is 6.42 Å². The largest absolute Gasteiger partial charge is 0.369 e. The molecule has 1 aromatic carbocycles. The summed E-state index contributed by atoms with van der Waals surface area (Å²) in [5, 5.41) is 18.9. The Morgan fingerprint density at radius 3 is 2.71 bits per heavy atom. The minimum Gasteiger partial charge on any atom is -0.369 e. The molecule has 0 saturated carbocycles. The Kier molecular flexibility index (Phi) is 5.24. The molecule has 0 bridgehead atoms. The van der Waals surface area contributed by atoms with Crippen molar-refractivity contribution in [2.24, 2.45) is 0 Å². The van der Waals surface area contributed by atoms with Crippen LogP contribution in [0.25, 0.3) is 10.9 Å².